The molecule has 24 heavy (non-hydrogen) atoms. The summed E-state index contributed by atoms with van der Waals surface area (Å²) in [6, 6.07) is 0. The van der Waals surface area contributed by atoms with E-state index >= 15 is 0 Å². The van der Waals surface area contributed by atoms with Crippen LogP contribution in [0, 0.1) is 0 Å². The van der Waals surface area contributed by atoms with Gasteiger partial charge in [0.15, 0.2) is 0 Å². The molecule has 0 N–H and O–H groups in total. The summed E-state index contributed by atoms with van der Waals surface area (Å²) >= 11 is 0. The quantitative estimate of drug-likeness (QED) is 0.433. The predicted octanol–water partition coefficient (Wildman–Crippen LogP) is 3.69. The molecule has 0 spiro atoms. The van der Waals surface area contributed by atoms with Crippen molar-refractivity contribution in [2.24, 2.45) is 4.74 Å². The van der Waals surface area contributed by atoms with Gasteiger partial charge in [-0.15, -0.1) is 0 Å². The summed E-state index contributed by atoms with van der Waals surface area (Å²) in [7, 11) is 6.17. The lowest BCUT2D eigenvalue weighted by atomic mass is 10.3. The van der Waals surface area contributed by atoms with Crippen LogP contribution < -0.4 is 0 Å². The highest BCUT2D eigenvalue weighted by Crippen LogP contribution is 2.47. The van der Waals surface area contributed by atoms with Crippen molar-refractivity contribution in [3.05, 3.63) is 0 Å². The van der Waals surface area contributed by atoms with Gasteiger partial charge in [-0.25, -0.2) is 0 Å². The van der Waals surface area contributed by atoms with Gasteiger partial charge in [0.2, 0.25) is 7.51 Å². The molecule has 0 fully saturated rings. The summed E-state index contributed by atoms with van der Waals surface area (Å²) in [5, 5.41) is 0. The molecule has 0 amide bonds. The number of methoxy groups -OCH3 is 4. The number of nitrogens with zero attached hydrogens (tertiary/aromatic N) is 1. The van der Waals surface area contributed by atoms with E-state index in [4.69, 9.17) is 28.0 Å². The predicted molar refractivity (Wildman–Crippen MR) is 101 cm³/mol. The van der Waals surface area contributed by atoms with Crippen LogP contribution in [0.2, 0.25) is 0 Å². The van der Waals surface area contributed by atoms with Gasteiger partial charge < -0.3 is 28.0 Å². The first kappa shape index (κ1) is 28.8. The Morgan fingerprint density at radius 3 is 1.42 bits per heavy atom. The zero-order chi connectivity index (χ0) is 16.8. The first-order chi connectivity index (χ1) is 10.5. The molecule has 0 aliphatic rings. The van der Waals surface area contributed by atoms with E-state index in [1.165, 1.54) is 0 Å². The Bertz CT molecular complexity index is 293. The molecule has 0 aliphatic carbocycles. The van der Waals surface area contributed by atoms with Crippen LogP contribution in [-0.2, 0) is 28.0 Å². The second-order valence-corrected chi connectivity index (χ2v) is 7.40. The van der Waals surface area contributed by atoms with E-state index in [1.807, 2.05) is 6.66 Å². The van der Waals surface area contributed by atoms with E-state index < -0.39 is 7.51 Å². The maximum absolute atomic E-state index is 5.85. The van der Waals surface area contributed by atoms with Gasteiger partial charge in [-0.05, 0) is 12.8 Å². The molecule has 0 aromatic heterocycles. The minimum absolute atomic E-state index is 0. The van der Waals surface area contributed by atoms with Crippen LogP contribution in [0.25, 0.3) is 0 Å². The topological polar surface area (TPSA) is 67.7 Å². The van der Waals surface area contributed by atoms with Crippen LogP contribution in [0.4, 0.5) is 0 Å². The third-order valence-corrected chi connectivity index (χ3v) is 5.33. The van der Waals surface area contributed by atoms with Crippen LogP contribution in [0.15, 0.2) is 4.74 Å². The molecule has 0 radical (unpaired) electrons. The molecule has 2 atom stereocenters. The molecule has 0 bridgehead atoms. The fourth-order valence-corrected chi connectivity index (χ4v) is 2.96. The Morgan fingerprint density at radius 2 is 1.17 bits per heavy atom. The monoisotopic (exact) mass is 373 g/mol. The van der Waals surface area contributed by atoms with Gasteiger partial charge in [-0.2, -0.15) is 0 Å². The molecule has 0 rings (SSSR count). The summed E-state index contributed by atoms with van der Waals surface area (Å²) in [5.41, 5.74) is 0. The van der Waals surface area contributed by atoms with Crippen molar-refractivity contribution in [3.63, 3.8) is 0 Å². The summed E-state index contributed by atoms with van der Waals surface area (Å²) in [6.07, 6.45) is 1.52. The highest BCUT2D eigenvalue weighted by molar-refractivity contribution is 7.55. The van der Waals surface area contributed by atoms with Gasteiger partial charge >= 0.3 is 0 Å². The number of hydrogen-bond acceptors (Lipinski definition) is 7. The van der Waals surface area contributed by atoms with Crippen molar-refractivity contribution in [2.45, 2.75) is 39.9 Å². The molecule has 0 heterocycles. The molecule has 7 nitrogen and oxygen atoms in total. The molecule has 150 valence electrons. The lowest BCUT2D eigenvalue weighted by molar-refractivity contribution is 0.0119. The Labute approximate surface area is 149 Å². The molecule has 0 aromatic carbocycles. The standard InChI is InChI=1S/C14H32NO6P.2CH4/c1-15-22(6,20-9-7-13(18-4)11-16-2)21-10-8-14(19-5)12-17-3;;/h13-14H,7-12H2,1-6H3;2*1H4. The van der Waals surface area contributed by atoms with Gasteiger partial charge in [-0.1, -0.05) is 14.9 Å². The van der Waals surface area contributed by atoms with Crippen LogP contribution in [0.3, 0.4) is 0 Å². The van der Waals surface area contributed by atoms with Gasteiger partial charge in [0.25, 0.3) is 0 Å². The summed E-state index contributed by atoms with van der Waals surface area (Å²) in [6.45, 7) is 4.05. The third kappa shape index (κ3) is 13.3. The van der Waals surface area contributed by atoms with E-state index in [-0.39, 0.29) is 27.1 Å². The van der Waals surface area contributed by atoms with E-state index in [0.29, 0.717) is 26.4 Å². The summed E-state index contributed by atoms with van der Waals surface area (Å²) in [5.74, 6) is 0. The lowest BCUT2D eigenvalue weighted by Gasteiger charge is -2.22. The van der Waals surface area contributed by atoms with Crippen LogP contribution >= 0.6 is 7.51 Å². The van der Waals surface area contributed by atoms with Gasteiger partial charge in [0.1, 0.15) is 0 Å². The largest absolute Gasteiger partial charge is 0.382 e. The first-order valence-corrected chi connectivity index (χ1v) is 9.38. The SMILES string of the molecule is C.C.CN=P(C)(OCCC(COC)OC)OCCC(COC)OC. The molecule has 0 saturated heterocycles. The number of rotatable bonds is 14. The number of hydrogen-bond donors (Lipinski definition) is 0. The molecule has 0 aromatic rings. The van der Waals surface area contributed by atoms with Crippen molar-refractivity contribution in [2.75, 3.05) is 68.6 Å². The van der Waals surface area contributed by atoms with E-state index in [9.17, 15) is 0 Å². The molecule has 8 heteroatoms. The summed E-state index contributed by atoms with van der Waals surface area (Å²) in [4.78, 5) is 0. The summed E-state index contributed by atoms with van der Waals surface area (Å²) < 4.78 is 36.7. The maximum Gasteiger partial charge on any atom is 0.209 e. The van der Waals surface area contributed by atoms with Crippen molar-refractivity contribution < 1.29 is 28.0 Å². The molecule has 0 aliphatic heterocycles. The average molecular weight is 373 g/mol. The Morgan fingerprint density at radius 1 is 0.792 bits per heavy atom. The normalized spacial score (nSPS) is 15.6. The molecular formula is C16H40NO6P. The van der Waals surface area contributed by atoms with Crippen LogP contribution in [0.1, 0.15) is 27.7 Å². The lowest BCUT2D eigenvalue weighted by Crippen LogP contribution is -2.20. The highest BCUT2D eigenvalue weighted by atomic mass is 31.2. The van der Waals surface area contributed by atoms with Crippen molar-refractivity contribution in [1.82, 2.24) is 0 Å². The van der Waals surface area contributed by atoms with Crippen LogP contribution in [0.5, 0.6) is 0 Å². The van der Waals surface area contributed by atoms with E-state index in [2.05, 4.69) is 4.74 Å². The fraction of sp³-hybridized carbons (Fsp3) is 1.00. The number of ether oxygens (including phenoxy) is 4. The third-order valence-electron chi connectivity index (χ3n) is 3.28. The minimum atomic E-state index is -2.19. The van der Waals surface area contributed by atoms with Crippen molar-refractivity contribution in [1.29, 1.82) is 0 Å². The van der Waals surface area contributed by atoms with E-state index in [0.717, 1.165) is 12.8 Å². The van der Waals surface area contributed by atoms with Crippen molar-refractivity contribution >= 4 is 7.51 Å². The zero-order valence-electron chi connectivity index (χ0n) is 14.7. The molecule has 2 unspecified atom stereocenters. The zero-order valence-corrected chi connectivity index (χ0v) is 15.6. The fourth-order valence-electron chi connectivity index (χ4n) is 1.77. The highest BCUT2D eigenvalue weighted by Gasteiger charge is 2.17. The average Bonchev–Trinajstić information content (AvgIpc) is 2.53. The molecule has 0 saturated carbocycles. The maximum atomic E-state index is 5.85. The Balaban J connectivity index is -0.00000220. The minimum Gasteiger partial charge on any atom is -0.382 e. The second-order valence-electron chi connectivity index (χ2n) is 4.87. The Kier molecular flexibility index (Phi) is 21.3. The Hall–Kier alpha value is -0.0100. The van der Waals surface area contributed by atoms with Gasteiger partial charge in [-0.3, -0.25) is 4.74 Å². The van der Waals surface area contributed by atoms with E-state index in [1.54, 1.807) is 35.5 Å². The van der Waals surface area contributed by atoms with Gasteiger partial charge in [0, 0.05) is 42.2 Å². The molecular weight excluding hydrogens is 333 g/mol. The second kappa shape index (κ2) is 17.8. The van der Waals surface area contributed by atoms with Crippen molar-refractivity contribution in [3.8, 4) is 0 Å². The van der Waals surface area contributed by atoms with Gasteiger partial charge in [0.05, 0.1) is 38.6 Å². The van der Waals surface area contributed by atoms with Crippen LogP contribution in [-0.4, -0.2) is 80.8 Å². The first-order valence-electron chi connectivity index (χ1n) is 7.35. The smallest absolute Gasteiger partial charge is 0.209 e.